The first-order valence-corrected chi connectivity index (χ1v) is 5.18. The van der Waals surface area contributed by atoms with Crippen molar-refractivity contribution >= 4 is 21.9 Å². The lowest BCUT2D eigenvalue weighted by Crippen LogP contribution is -2.31. The summed E-state index contributed by atoms with van der Waals surface area (Å²) in [5, 5.41) is 3.03. The van der Waals surface area contributed by atoms with Gasteiger partial charge in [-0.15, -0.1) is 0 Å². The van der Waals surface area contributed by atoms with Gasteiger partial charge in [0.15, 0.2) is 0 Å². The van der Waals surface area contributed by atoms with Crippen molar-refractivity contribution in [1.82, 2.24) is 5.32 Å². The SMILES string of the molecule is CCOC(=O)C1=C[C@@H]2OC=C(Br)[C@H]2N1. The molecule has 2 rings (SSSR count). The number of carbonyl (C=O) groups excluding carboxylic acids is 1. The van der Waals surface area contributed by atoms with E-state index in [0.29, 0.717) is 12.3 Å². The zero-order chi connectivity index (χ0) is 10.1. The van der Waals surface area contributed by atoms with Crippen LogP contribution in [-0.2, 0) is 14.3 Å². The molecule has 2 atom stereocenters. The van der Waals surface area contributed by atoms with Crippen LogP contribution in [0.3, 0.4) is 0 Å². The fourth-order valence-corrected chi connectivity index (χ4v) is 1.94. The average molecular weight is 260 g/mol. The number of nitrogens with one attached hydrogen (secondary N) is 1. The molecule has 4 nitrogen and oxygen atoms in total. The summed E-state index contributed by atoms with van der Waals surface area (Å²) in [6, 6.07) is 0.0226. The standard InChI is InChI=1S/C9H10BrNO3/c1-2-13-9(12)6-3-7-8(11-6)5(10)4-14-7/h3-4,7-8,11H,2H2,1H3/t7-,8+/m0/s1. The molecule has 0 aromatic heterocycles. The van der Waals surface area contributed by atoms with E-state index in [1.807, 2.05) is 0 Å². The Labute approximate surface area is 90.1 Å². The number of fused-ring (bicyclic) bond motifs is 1. The molecule has 0 amide bonds. The third-order valence-electron chi connectivity index (χ3n) is 2.10. The molecule has 2 aliphatic rings. The van der Waals surface area contributed by atoms with Crippen molar-refractivity contribution in [2.75, 3.05) is 6.61 Å². The van der Waals surface area contributed by atoms with E-state index in [1.165, 1.54) is 0 Å². The molecular weight excluding hydrogens is 250 g/mol. The Morgan fingerprint density at radius 3 is 3.21 bits per heavy atom. The first kappa shape index (κ1) is 9.58. The van der Waals surface area contributed by atoms with Gasteiger partial charge in [-0.25, -0.2) is 4.79 Å². The van der Waals surface area contributed by atoms with E-state index in [4.69, 9.17) is 9.47 Å². The van der Waals surface area contributed by atoms with Gasteiger partial charge in [-0.2, -0.15) is 0 Å². The minimum Gasteiger partial charge on any atom is -0.490 e. The van der Waals surface area contributed by atoms with Crippen LogP contribution >= 0.6 is 15.9 Å². The van der Waals surface area contributed by atoms with Gasteiger partial charge in [0.1, 0.15) is 17.8 Å². The monoisotopic (exact) mass is 259 g/mol. The molecule has 0 fully saturated rings. The second kappa shape index (κ2) is 3.65. The van der Waals surface area contributed by atoms with E-state index in [1.54, 1.807) is 19.3 Å². The molecule has 0 bridgehead atoms. The molecule has 14 heavy (non-hydrogen) atoms. The Kier molecular flexibility index (Phi) is 2.50. The van der Waals surface area contributed by atoms with Crippen molar-refractivity contribution in [2.24, 2.45) is 0 Å². The predicted molar refractivity (Wildman–Crippen MR) is 53.5 cm³/mol. The summed E-state index contributed by atoms with van der Waals surface area (Å²) in [5.41, 5.74) is 0.479. The fourth-order valence-electron chi connectivity index (χ4n) is 1.45. The Morgan fingerprint density at radius 1 is 1.79 bits per heavy atom. The highest BCUT2D eigenvalue weighted by molar-refractivity contribution is 9.11. The van der Waals surface area contributed by atoms with Crippen LogP contribution in [-0.4, -0.2) is 24.7 Å². The van der Waals surface area contributed by atoms with Crippen molar-refractivity contribution < 1.29 is 14.3 Å². The largest absolute Gasteiger partial charge is 0.490 e. The number of hydrogen-bond acceptors (Lipinski definition) is 4. The van der Waals surface area contributed by atoms with Gasteiger partial charge >= 0.3 is 5.97 Å². The molecule has 0 spiro atoms. The maximum atomic E-state index is 11.3. The molecule has 2 heterocycles. The molecule has 5 heteroatoms. The zero-order valence-corrected chi connectivity index (χ0v) is 9.21. The van der Waals surface area contributed by atoms with E-state index in [9.17, 15) is 4.79 Å². The molecule has 76 valence electrons. The quantitative estimate of drug-likeness (QED) is 0.753. The van der Waals surface area contributed by atoms with Crippen LogP contribution < -0.4 is 5.32 Å². The number of hydrogen-bond donors (Lipinski definition) is 1. The minimum atomic E-state index is -0.328. The van der Waals surface area contributed by atoms with Crippen molar-refractivity contribution in [3.8, 4) is 0 Å². The highest BCUT2D eigenvalue weighted by atomic mass is 79.9. The topological polar surface area (TPSA) is 47.6 Å². The second-order valence-corrected chi connectivity index (χ2v) is 3.94. The summed E-state index contributed by atoms with van der Waals surface area (Å²) >= 11 is 3.35. The second-order valence-electron chi connectivity index (χ2n) is 3.03. The van der Waals surface area contributed by atoms with E-state index >= 15 is 0 Å². The van der Waals surface area contributed by atoms with Gasteiger partial charge in [-0.1, -0.05) is 0 Å². The first-order chi connectivity index (χ1) is 6.72. The van der Waals surface area contributed by atoms with Crippen molar-refractivity contribution in [3.05, 3.63) is 22.5 Å². The van der Waals surface area contributed by atoms with Gasteiger partial charge in [0, 0.05) is 0 Å². The third kappa shape index (κ3) is 1.52. The van der Waals surface area contributed by atoms with Crippen LogP contribution in [0, 0.1) is 0 Å². The molecule has 2 aliphatic heterocycles. The zero-order valence-electron chi connectivity index (χ0n) is 7.62. The van der Waals surface area contributed by atoms with Crippen LogP contribution in [0.25, 0.3) is 0 Å². The van der Waals surface area contributed by atoms with Crippen molar-refractivity contribution in [2.45, 2.75) is 19.1 Å². The van der Waals surface area contributed by atoms with Gasteiger partial charge in [0.05, 0.1) is 17.4 Å². The number of rotatable bonds is 2. The molecule has 0 radical (unpaired) electrons. The fraction of sp³-hybridized carbons (Fsp3) is 0.444. The van der Waals surface area contributed by atoms with Crippen LogP contribution in [0.4, 0.5) is 0 Å². The highest BCUT2D eigenvalue weighted by Crippen LogP contribution is 2.29. The molecular formula is C9H10BrNO3. The maximum absolute atomic E-state index is 11.3. The molecule has 0 aromatic rings. The van der Waals surface area contributed by atoms with E-state index in [0.717, 1.165) is 4.48 Å². The third-order valence-corrected chi connectivity index (χ3v) is 2.78. The van der Waals surface area contributed by atoms with Crippen LogP contribution in [0.2, 0.25) is 0 Å². The predicted octanol–water partition coefficient (Wildman–Crippen LogP) is 1.04. The normalized spacial score (nSPS) is 28.4. The smallest absolute Gasteiger partial charge is 0.354 e. The lowest BCUT2D eigenvalue weighted by Gasteiger charge is -2.10. The molecule has 0 aliphatic carbocycles. The van der Waals surface area contributed by atoms with E-state index < -0.39 is 0 Å². The van der Waals surface area contributed by atoms with Crippen LogP contribution in [0.5, 0.6) is 0 Å². The number of carbonyl (C=O) groups is 1. The van der Waals surface area contributed by atoms with Gasteiger partial charge in [0.2, 0.25) is 0 Å². The van der Waals surface area contributed by atoms with Crippen LogP contribution in [0.1, 0.15) is 6.92 Å². The first-order valence-electron chi connectivity index (χ1n) is 4.39. The minimum absolute atomic E-state index is 0.0226. The van der Waals surface area contributed by atoms with Crippen LogP contribution in [0.15, 0.2) is 22.5 Å². The summed E-state index contributed by atoms with van der Waals surface area (Å²) in [4.78, 5) is 11.3. The molecule has 0 aromatic carbocycles. The van der Waals surface area contributed by atoms with Gasteiger partial charge < -0.3 is 14.8 Å². The molecule has 1 N–H and O–H groups in total. The Balaban J connectivity index is 2.03. The van der Waals surface area contributed by atoms with E-state index in [2.05, 4.69) is 21.2 Å². The number of halogens is 1. The highest BCUT2D eigenvalue weighted by Gasteiger charge is 2.36. The van der Waals surface area contributed by atoms with E-state index in [-0.39, 0.29) is 18.1 Å². The van der Waals surface area contributed by atoms with Crippen molar-refractivity contribution in [1.29, 1.82) is 0 Å². The summed E-state index contributed by atoms with van der Waals surface area (Å²) < 4.78 is 11.1. The lowest BCUT2D eigenvalue weighted by molar-refractivity contribution is -0.138. The lowest BCUT2D eigenvalue weighted by atomic mass is 10.2. The van der Waals surface area contributed by atoms with Gasteiger partial charge in [-0.3, -0.25) is 0 Å². The molecule has 0 saturated carbocycles. The Morgan fingerprint density at radius 2 is 2.57 bits per heavy atom. The Bertz CT molecular complexity index is 324. The summed E-state index contributed by atoms with van der Waals surface area (Å²) in [6.45, 7) is 2.16. The number of esters is 1. The summed E-state index contributed by atoms with van der Waals surface area (Å²) in [6.07, 6.45) is 3.29. The van der Waals surface area contributed by atoms with Gasteiger partial charge in [0.25, 0.3) is 0 Å². The maximum Gasteiger partial charge on any atom is 0.354 e. The average Bonchev–Trinajstić information content (AvgIpc) is 2.69. The van der Waals surface area contributed by atoms with Crippen molar-refractivity contribution in [3.63, 3.8) is 0 Å². The molecule has 0 saturated heterocycles. The summed E-state index contributed by atoms with van der Waals surface area (Å²) in [7, 11) is 0. The van der Waals surface area contributed by atoms with Gasteiger partial charge in [-0.05, 0) is 28.9 Å². The molecule has 0 unspecified atom stereocenters. The number of ether oxygens (including phenoxy) is 2. The summed E-state index contributed by atoms with van der Waals surface area (Å²) in [5.74, 6) is -0.328. The Hall–Kier alpha value is -0.970.